The van der Waals surface area contributed by atoms with Crippen molar-refractivity contribution in [1.82, 2.24) is 0 Å². The number of rotatable bonds is 1. The summed E-state index contributed by atoms with van der Waals surface area (Å²) >= 11 is 0. The zero-order valence-corrected chi connectivity index (χ0v) is 5.76. The highest BCUT2D eigenvalue weighted by Crippen LogP contribution is 2.30. The quantitative estimate of drug-likeness (QED) is 0.559. The summed E-state index contributed by atoms with van der Waals surface area (Å²) in [5.74, 6) is 0.590. The Morgan fingerprint density at radius 1 is 1.56 bits per heavy atom. The van der Waals surface area contributed by atoms with Crippen LogP contribution in [0, 0.1) is 11.8 Å². The standard InChI is InChI=1S/C7H13NO/c1-5-3-2-4-6(5)7(8)9/h5-6H,2-4H2,1H3,(H2,8,9)/t5-,6+/m0/s1. The van der Waals surface area contributed by atoms with E-state index < -0.39 is 0 Å². The Labute approximate surface area is 55.4 Å². The molecule has 2 N–H and O–H groups in total. The highest BCUT2D eigenvalue weighted by Gasteiger charge is 2.27. The molecule has 1 saturated carbocycles. The van der Waals surface area contributed by atoms with Crippen molar-refractivity contribution in [3.05, 3.63) is 0 Å². The maximum atomic E-state index is 10.6. The molecule has 1 rings (SSSR count). The van der Waals surface area contributed by atoms with Gasteiger partial charge in [0, 0.05) is 5.92 Å². The summed E-state index contributed by atoms with van der Waals surface area (Å²) in [6, 6.07) is 0. The lowest BCUT2D eigenvalue weighted by molar-refractivity contribution is -0.122. The molecule has 0 heterocycles. The van der Waals surface area contributed by atoms with E-state index in [4.69, 9.17) is 5.73 Å². The summed E-state index contributed by atoms with van der Waals surface area (Å²) in [6.45, 7) is 2.10. The molecule has 1 amide bonds. The van der Waals surface area contributed by atoms with Crippen molar-refractivity contribution in [2.45, 2.75) is 26.2 Å². The van der Waals surface area contributed by atoms with Crippen LogP contribution in [0.1, 0.15) is 26.2 Å². The Hall–Kier alpha value is -0.530. The van der Waals surface area contributed by atoms with Crippen molar-refractivity contribution in [2.24, 2.45) is 17.6 Å². The van der Waals surface area contributed by atoms with Crippen molar-refractivity contribution in [3.8, 4) is 0 Å². The third-order valence-electron chi connectivity index (χ3n) is 2.23. The van der Waals surface area contributed by atoms with Crippen LogP contribution < -0.4 is 5.73 Å². The summed E-state index contributed by atoms with van der Waals surface area (Å²) in [5, 5.41) is 0. The van der Waals surface area contributed by atoms with Crippen molar-refractivity contribution in [1.29, 1.82) is 0 Å². The molecule has 0 unspecified atom stereocenters. The minimum Gasteiger partial charge on any atom is -0.369 e. The molecule has 0 bridgehead atoms. The van der Waals surface area contributed by atoms with Gasteiger partial charge in [-0.15, -0.1) is 0 Å². The van der Waals surface area contributed by atoms with Crippen LogP contribution in [0.25, 0.3) is 0 Å². The fourth-order valence-corrected chi connectivity index (χ4v) is 1.57. The molecule has 2 nitrogen and oxygen atoms in total. The van der Waals surface area contributed by atoms with Crippen LogP contribution in [0.15, 0.2) is 0 Å². The van der Waals surface area contributed by atoms with Gasteiger partial charge in [0.05, 0.1) is 0 Å². The maximum absolute atomic E-state index is 10.6. The molecule has 2 heteroatoms. The number of nitrogens with two attached hydrogens (primary N) is 1. The molecule has 0 aromatic carbocycles. The maximum Gasteiger partial charge on any atom is 0.220 e. The van der Waals surface area contributed by atoms with Crippen LogP contribution in [0.4, 0.5) is 0 Å². The van der Waals surface area contributed by atoms with E-state index in [1.165, 1.54) is 12.8 Å². The van der Waals surface area contributed by atoms with Crippen LogP contribution in [0.5, 0.6) is 0 Å². The molecule has 9 heavy (non-hydrogen) atoms. The monoisotopic (exact) mass is 127 g/mol. The Bertz CT molecular complexity index is 122. The van der Waals surface area contributed by atoms with Gasteiger partial charge in [-0.05, 0) is 18.8 Å². The van der Waals surface area contributed by atoms with E-state index >= 15 is 0 Å². The fraction of sp³-hybridized carbons (Fsp3) is 0.857. The van der Waals surface area contributed by atoms with Gasteiger partial charge in [0.15, 0.2) is 0 Å². The van der Waals surface area contributed by atoms with Crippen LogP contribution in [-0.4, -0.2) is 5.91 Å². The van der Waals surface area contributed by atoms with Crippen LogP contribution in [0.2, 0.25) is 0 Å². The number of amides is 1. The van der Waals surface area contributed by atoms with Gasteiger partial charge in [0.1, 0.15) is 0 Å². The fourth-order valence-electron chi connectivity index (χ4n) is 1.57. The molecule has 1 aliphatic carbocycles. The average molecular weight is 127 g/mol. The molecule has 0 radical (unpaired) electrons. The van der Waals surface area contributed by atoms with Crippen molar-refractivity contribution >= 4 is 5.91 Å². The van der Waals surface area contributed by atoms with Gasteiger partial charge in [-0.3, -0.25) is 4.79 Å². The second-order valence-corrected chi connectivity index (χ2v) is 2.92. The smallest absolute Gasteiger partial charge is 0.220 e. The van der Waals surface area contributed by atoms with E-state index in [0.29, 0.717) is 5.92 Å². The predicted octanol–water partition coefficient (Wildman–Crippen LogP) is 0.908. The molecule has 52 valence electrons. The van der Waals surface area contributed by atoms with Crippen LogP contribution in [-0.2, 0) is 4.79 Å². The molecule has 0 aromatic rings. The first-order valence-electron chi connectivity index (χ1n) is 3.51. The highest BCUT2D eigenvalue weighted by atomic mass is 16.1. The summed E-state index contributed by atoms with van der Waals surface area (Å²) < 4.78 is 0. The van der Waals surface area contributed by atoms with Gasteiger partial charge in [-0.25, -0.2) is 0 Å². The number of carbonyl (C=O) groups excluding carboxylic acids is 1. The van der Waals surface area contributed by atoms with Gasteiger partial charge < -0.3 is 5.73 Å². The Morgan fingerprint density at radius 2 is 2.22 bits per heavy atom. The lowest BCUT2D eigenvalue weighted by Gasteiger charge is -2.08. The van der Waals surface area contributed by atoms with Crippen molar-refractivity contribution in [3.63, 3.8) is 0 Å². The third kappa shape index (κ3) is 1.23. The van der Waals surface area contributed by atoms with Gasteiger partial charge in [0.2, 0.25) is 5.91 Å². The topological polar surface area (TPSA) is 43.1 Å². The van der Waals surface area contributed by atoms with Gasteiger partial charge in [-0.2, -0.15) is 0 Å². The van der Waals surface area contributed by atoms with E-state index in [9.17, 15) is 4.79 Å². The summed E-state index contributed by atoms with van der Waals surface area (Å²) in [6.07, 6.45) is 3.36. The molecule has 1 fully saturated rings. The van der Waals surface area contributed by atoms with E-state index in [2.05, 4.69) is 6.92 Å². The van der Waals surface area contributed by atoms with E-state index in [-0.39, 0.29) is 11.8 Å². The molecular weight excluding hydrogens is 114 g/mol. The molecular formula is C7H13NO. The Kier molecular flexibility index (Phi) is 1.74. The first-order chi connectivity index (χ1) is 4.22. The molecule has 1 aliphatic rings. The largest absolute Gasteiger partial charge is 0.369 e. The first kappa shape index (κ1) is 6.59. The number of hydrogen-bond donors (Lipinski definition) is 1. The second kappa shape index (κ2) is 2.38. The van der Waals surface area contributed by atoms with Gasteiger partial charge >= 0.3 is 0 Å². The zero-order valence-electron chi connectivity index (χ0n) is 5.76. The normalized spacial score (nSPS) is 34.8. The van der Waals surface area contributed by atoms with E-state index in [1.807, 2.05) is 0 Å². The number of carbonyl (C=O) groups is 1. The molecule has 0 spiro atoms. The molecule has 0 aliphatic heterocycles. The van der Waals surface area contributed by atoms with Crippen LogP contribution in [0.3, 0.4) is 0 Å². The SMILES string of the molecule is C[C@H]1CCC[C@H]1C(N)=O. The summed E-state index contributed by atoms with van der Waals surface area (Å²) in [5.41, 5.74) is 5.15. The third-order valence-corrected chi connectivity index (χ3v) is 2.23. The van der Waals surface area contributed by atoms with Gasteiger partial charge in [0.25, 0.3) is 0 Å². The van der Waals surface area contributed by atoms with Gasteiger partial charge in [-0.1, -0.05) is 13.3 Å². The summed E-state index contributed by atoms with van der Waals surface area (Å²) in [4.78, 5) is 10.6. The Balaban J connectivity index is 2.49. The molecule has 0 saturated heterocycles. The zero-order chi connectivity index (χ0) is 6.85. The predicted molar refractivity (Wildman–Crippen MR) is 35.7 cm³/mol. The lowest BCUT2D eigenvalue weighted by atomic mass is 9.98. The summed E-state index contributed by atoms with van der Waals surface area (Å²) in [7, 11) is 0. The van der Waals surface area contributed by atoms with E-state index in [1.54, 1.807) is 0 Å². The molecule has 0 aromatic heterocycles. The average Bonchev–Trinajstić information content (AvgIpc) is 2.13. The van der Waals surface area contributed by atoms with Crippen molar-refractivity contribution < 1.29 is 4.79 Å². The van der Waals surface area contributed by atoms with E-state index in [0.717, 1.165) is 6.42 Å². The Morgan fingerprint density at radius 3 is 2.44 bits per heavy atom. The number of primary amides is 1. The minimum atomic E-state index is -0.111. The lowest BCUT2D eigenvalue weighted by Crippen LogP contribution is -2.24. The first-order valence-corrected chi connectivity index (χ1v) is 3.51. The van der Waals surface area contributed by atoms with Crippen molar-refractivity contribution in [2.75, 3.05) is 0 Å². The van der Waals surface area contributed by atoms with Crippen LogP contribution >= 0.6 is 0 Å². The second-order valence-electron chi connectivity index (χ2n) is 2.92. The highest BCUT2D eigenvalue weighted by molar-refractivity contribution is 5.77. The molecule has 2 atom stereocenters. The minimum absolute atomic E-state index is 0.111. The number of hydrogen-bond acceptors (Lipinski definition) is 1.